The second-order valence-electron chi connectivity index (χ2n) is 13.8. The molecule has 0 unspecified atom stereocenters. The smallest absolute Gasteiger partial charge is 0.221 e. The third-order valence-electron chi connectivity index (χ3n) is 10.0. The first-order valence-electron chi connectivity index (χ1n) is 15.6. The Kier molecular flexibility index (Phi) is 6.31. The fraction of sp³-hybridized carbons (Fsp3) is 0.368. The van der Waals surface area contributed by atoms with Crippen LogP contribution in [0.5, 0.6) is 0 Å². The Morgan fingerprint density at radius 1 is 0.833 bits per heavy atom. The third kappa shape index (κ3) is 4.26. The summed E-state index contributed by atoms with van der Waals surface area (Å²) in [4.78, 5) is 14.1. The van der Waals surface area contributed by atoms with Crippen molar-refractivity contribution in [1.29, 1.82) is 0 Å². The normalized spacial score (nSPS) is 22.0. The number of carbonyl (C=O) groups is 1. The number of fused-ring (bicyclic) bond motifs is 2. The summed E-state index contributed by atoms with van der Waals surface area (Å²) < 4.78 is 4.68. The van der Waals surface area contributed by atoms with Crippen LogP contribution in [0.3, 0.4) is 0 Å². The van der Waals surface area contributed by atoms with Gasteiger partial charge in [-0.2, -0.15) is 4.58 Å². The van der Waals surface area contributed by atoms with Gasteiger partial charge in [0, 0.05) is 35.7 Å². The molecule has 0 amide bonds. The van der Waals surface area contributed by atoms with E-state index in [1.165, 1.54) is 33.7 Å². The maximum Gasteiger partial charge on any atom is 0.221 e. The second-order valence-corrected chi connectivity index (χ2v) is 13.8. The monoisotopic (exact) mass is 557 g/mol. The quantitative estimate of drug-likeness (QED) is 0.241. The number of nitrogens with zero attached hydrogens (tertiary/aromatic N) is 2. The molecule has 1 N–H and O–H groups in total. The lowest BCUT2D eigenvalue weighted by Gasteiger charge is -2.27. The Hall–Kier alpha value is -3.92. The number of aryl methyl sites for hydroxylation is 2. The Morgan fingerprint density at radius 2 is 1.48 bits per heavy atom. The van der Waals surface area contributed by atoms with E-state index in [4.69, 9.17) is 0 Å². The molecule has 0 spiro atoms. The molecular weight excluding hydrogens is 516 g/mol. The van der Waals surface area contributed by atoms with E-state index in [-0.39, 0.29) is 22.4 Å². The summed E-state index contributed by atoms with van der Waals surface area (Å²) in [6, 6.07) is 23.3. The number of aliphatic hydroxyl groups excluding tert-OH is 1. The van der Waals surface area contributed by atoms with Gasteiger partial charge in [0.25, 0.3) is 0 Å². The van der Waals surface area contributed by atoms with Crippen LogP contribution in [0.2, 0.25) is 0 Å². The summed E-state index contributed by atoms with van der Waals surface area (Å²) in [5.41, 5.74) is 10.6. The molecule has 1 aromatic heterocycles. The summed E-state index contributed by atoms with van der Waals surface area (Å²) in [6.07, 6.45) is 8.19. The van der Waals surface area contributed by atoms with Crippen LogP contribution in [0.4, 0.5) is 0 Å². The van der Waals surface area contributed by atoms with Gasteiger partial charge in [0.15, 0.2) is 12.3 Å². The molecule has 0 radical (unpaired) electrons. The molecule has 3 aliphatic carbocycles. The first-order chi connectivity index (χ1) is 20.2. The Morgan fingerprint density at radius 3 is 2.14 bits per heavy atom. The van der Waals surface area contributed by atoms with Crippen molar-refractivity contribution in [2.75, 3.05) is 6.54 Å². The highest BCUT2D eigenvalue weighted by Crippen LogP contribution is 2.48. The van der Waals surface area contributed by atoms with Crippen LogP contribution in [-0.4, -0.2) is 32.3 Å². The number of aromatic nitrogens is 1. The van der Waals surface area contributed by atoms with Crippen molar-refractivity contribution in [2.45, 2.75) is 78.2 Å². The molecule has 4 heteroatoms. The lowest BCUT2D eigenvalue weighted by molar-refractivity contribution is -0.472. The van der Waals surface area contributed by atoms with Crippen molar-refractivity contribution in [3.63, 3.8) is 0 Å². The maximum absolute atomic E-state index is 14.1. The first kappa shape index (κ1) is 26.9. The lowest BCUT2D eigenvalue weighted by atomic mass is 9.83. The van der Waals surface area contributed by atoms with Gasteiger partial charge in [-0.15, -0.1) is 0 Å². The van der Waals surface area contributed by atoms with Crippen LogP contribution in [-0.2, 0) is 36.0 Å². The van der Waals surface area contributed by atoms with Crippen molar-refractivity contribution < 1.29 is 14.5 Å². The summed E-state index contributed by atoms with van der Waals surface area (Å²) in [7, 11) is 0. The average Bonchev–Trinajstić information content (AvgIpc) is 3.69. The van der Waals surface area contributed by atoms with Crippen molar-refractivity contribution in [1.82, 2.24) is 4.57 Å². The molecule has 0 atom stereocenters. The van der Waals surface area contributed by atoms with E-state index >= 15 is 0 Å². The minimum absolute atomic E-state index is 0.0302. The predicted molar refractivity (Wildman–Crippen MR) is 169 cm³/mol. The summed E-state index contributed by atoms with van der Waals surface area (Å²) in [5.74, 6) is 0.127. The van der Waals surface area contributed by atoms with Gasteiger partial charge in [-0.25, -0.2) is 0 Å². The SMILES string of the molecule is CC1(C)CCC2=C/C(=C3/C(=O)C(c4cc5c(n4CCc4ccccc4)C(C)(C)CC5)=C3O)[N+](CCc3ccccc3)=C21. The number of aliphatic hydroxyl groups is 1. The van der Waals surface area contributed by atoms with Gasteiger partial charge >= 0.3 is 0 Å². The number of hydrogen-bond donors (Lipinski definition) is 1. The summed E-state index contributed by atoms with van der Waals surface area (Å²) in [6.45, 7) is 10.8. The van der Waals surface area contributed by atoms with Gasteiger partial charge in [-0.3, -0.25) is 4.79 Å². The van der Waals surface area contributed by atoms with Gasteiger partial charge in [-0.05, 0) is 68.7 Å². The minimum Gasteiger partial charge on any atom is -0.506 e. The van der Waals surface area contributed by atoms with Crippen molar-refractivity contribution in [3.8, 4) is 0 Å². The largest absolute Gasteiger partial charge is 0.506 e. The fourth-order valence-corrected chi connectivity index (χ4v) is 7.85. The van der Waals surface area contributed by atoms with Crippen LogP contribution in [0.15, 0.2) is 95.4 Å². The molecule has 7 rings (SSSR count). The molecule has 3 aromatic rings. The van der Waals surface area contributed by atoms with Gasteiger partial charge in [0.05, 0.1) is 16.7 Å². The number of ketones is 1. The zero-order valence-electron chi connectivity index (χ0n) is 25.3. The molecular formula is C38H41N2O2+. The van der Waals surface area contributed by atoms with E-state index in [1.807, 2.05) is 12.1 Å². The lowest BCUT2D eigenvalue weighted by Crippen LogP contribution is -2.32. The second kappa shape index (κ2) is 9.83. The highest BCUT2D eigenvalue weighted by atomic mass is 16.3. The van der Waals surface area contributed by atoms with Crippen LogP contribution in [0, 0.1) is 5.41 Å². The van der Waals surface area contributed by atoms with E-state index in [0.717, 1.165) is 63.0 Å². The third-order valence-corrected chi connectivity index (χ3v) is 10.0. The Labute approximate surface area is 249 Å². The number of rotatable bonds is 7. The minimum atomic E-state index is -0.0302. The van der Waals surface area contributed by atoms with Gasteiger partial charge < -0.3 is 9.67 Å². The number of carbonyl (C=O) groups excluding carboxylic acids is 1. The molecule has 1 saturated carbocycles. The number of allylic oxidation sites excluding steroid dienone is 4. The van der Waals surface area contributed by atoms with E-state index in [0.29, 0.717) is 11.1 Å². The van der Waals surface area contributed by atoms with Crippen molar-refractivity contribution in [2.24, 2.45) is 5.41 Å². The Balaban J connectivity index is 1.30. The number of Topliss-reactive ketones (excluding diaryl/α,β-unsaturated/α-hetero) is 1. The summed E-state index contributed by atoms with van der Waals surface area (Å²) in [5, 5.41) is 11.7. The molecule has 4 aliphatic rings. The molecule has 2 aromatic carbocycles. The van der Waals surface area contributed by atoms with E-state index in [9.17, 15) is 9.90 Å². The van der Waals surface area contributed by atoms with Gasteiger partial charge in [0.2, 0.25) is 11.5 Å². The molecule has 4 nitrogen and oxygen atoms in total. The molecule has 214 valence electrons. The zero-order chi connectivity index (χ0) is 29.2. The fourth-order valence-electron chi connectivity index (χ4n) is 7.85. The van der Waals surface area contributed by atoms with Crippen LogP contribution in [0.1, 0.15) is 75.0 Å². The number of benzene rings is 2. The summed E-state index contributed by atoms with van der Waals surface area (Å²) >= 11 is 0. The van der Waals surface area contributed by atoms with Gasteiger partial charge in [0.1, 0.15) is 11.3 Å². The zero-order valence-corrected chi connectivity index (χ0v) is 25.3. The Bertz CT molecular complexity index is 1730. The molecule has 42 heavy (non-hydrogen) atoms. The van der Waals surface area contributed by atoms with E-state index in [2.05, 4.69) is 97.5 Å². The van der Waals surface area contributed by atoms with Crippen LogP contribution in [0.25, 0.3) is 5.57 Å². The number of hydrogen-bond acceptors (Lipinski definition) is 2. The molecule has 0 bridgehead atoms. The molecule has 2 heterocycles. The van der Waals surface area contributed by atoms with Gasteiger partial charge in [-0.1, -0.05) is 74.5 Å². The van der Waals surface area contributed by atoms with Crippen molar-refractivity contribution in [3.05, 3.63) is 123 Å². The molecule has 0 saturated heterocycles. The van der Waals surface area contributed by atoms with E-state index < -0.39 is 0 Å². The van der Waals surface area contributed by atoms with Crippen LogP contribution >= 0.6 is 0 Å². The first-order valence-corrected chi connectivity index (χ1v) is 15.6. The average molecular weight is 558 g/mol. The molecule has 1 aliphatic heterocycles. The topological polar surface area (TPSA) is 45.2 Å². The van der Waals surface area contributed by atoms with E-state index in [1.54, 1.807) is 0 Å². The standard InChI is InChI=1S/C38H40N2O2/c1-37(2)19-15-27-23-29(39(35(27)37)21-17-25-11-7-5-8-12-25)31-33(41)32(34(31)42)30-24-28-16-20-38(3,4)36(28)40(30)22-18-26-13-9-6-10-14-26/h5-14,23-24H,15-22H2,1-4H3/p+1. The highest BCUT2D eigenvalue weighted by Gasteiger charge is 2.50. The van der Waals surface area contributed by atoms with Crippen molar-refractivity contribution >= 4 is 17.1 Å². The molecule has 1 fully saturated rings. The van der Waals surface area contributed by atoms with Crippen LogP contribution < -0.4 is 0 Å². The maximum atomic E-state index is 14.1. The predicted octanol–water partition coefficient (Wildman–Crippen LogP) is 7.52. The highest BCUT2D eigenvalue weighted by molar-refractivity contribution is 6.39.